The molecule has 1 heterocycles. The normalized spacial score (nSPS) is 24.6. The summed E-state index contributed by atoms with van der Waals surface area (Å²) in [6.45, 7) is 3.72. The highest BCUT2D eigenvalue weighted by molar-refractivity contribution is 9.12. The number of carbonyl (C=O) groups is 2. The Balaban J connectivity index is 2.43. The summed E-state index contributed by atoms with van der Waals surface area (Å²) in [5.41, 5.74) is 0.0518. The molecule has 0 aromatic rings. The number of allylic oxidation sites excluding steroid dienone is 2. The lowest BCUT2D eigenvalue weighted by molar-refractivity contribution is -0.118. The molecule has 14 heavy (non-hydrogen) atoms. The fourth-order valence-corrected chi connectivity index (χ4v) is 2.10. The third-order valence-electron chi connectivity index (χ3n) is 2.23. The molecule has 2 aliphatic rings. The van der Waals surface area contributed by atoms with Crippen molar-refractivity contribution in [2.45, 2.75) is 25.9 Å². The summed E-state index contributed by atoms with van der Waals surface area (Å²) in [5, 5.41) is 0. The first kappa shape index (κ1) is 9.65. The average molecular weight is 257 g/mol. The molecule has 0 amide bonds. The first-order valence-electron chi connectivity index (χ1n) is 4.29. The number of ketones is 2. The lowest BCUT2D eigenvalue weighted by Gasteiger charge is -2.18. The molecule has 0 radical (unpaired) electrons. The first-order valence-corrected chi connectivity index (χ1v) is 5.08. The van der Waals surface area contributed by atoms with Crippen LogP contribution in [0.5, 0.6) is 0 Å². The van der Waals surface area contributed by atoms with Gasteiger partial charge in [0.1, 0.15) is 5.60 Å². The summed E-state index contributed by atoms with van der Waals surface area (Å²) in [6, 6.07) is 0. The van der Waals surface area contributed by atoms with E-state index in [1.165, 1.54) is 6.08 Å². The summed E-state index contributed by atoms with van der Waals surface area (Å²) in [7, 11) is 0. The van der Waals surface area contributed by atoms with Gasteiger partial charge in [0.2, 0.25) is 5.78 Å². The maximum atomic E-state index is 11.6. The van der Waals surface area contributed by atoms with E-state index in [1.807, 2.05) is 13.8 Å². The number of ether oxygens (including phenoxy) is 1. The van der Waals surface area contributed by atoms with E-state index in [1.54, 1.807) is 0 Å². The lowest BCUT2D eigenvalue weighted by atomic mass is 9.95. The molecule has 0 aromatic carbocycles. The standard InChI is InChI=1S/C10H9BrO3/c1-10(2)4-5-8(13)6(11)3-7(12)9(5)14-10/h3H,4H2,1-2H3. The molecule has 0 saturated heterocycles. The largest absolute Gasteiger partial charge is 0.483 e. The Labute approximate surface area is 89.9 Å². The molecule has 0 unspecified atom stereocenters. The van der Waals surface area contributed by atoms with E-state index in [2.05, 4.69) is 15.9 Å². The van der Waals surface area contributed by atoms with Gasteiger partial charge in [0.05, 0.1) is 10.1 Å². The van der Waals surface area contributed by atoms with Crippen molar-refractivity contribution in [2.75, 3.05) is 0 Å². The van der Waals surface area contributed by atoms with Crippen molar-refractivity contribution < 1.29 is 14.3 Å². The lowest BCUT2D eigenvalue weighted by Crippen LogP contribution is -2.19. The second-order valence-electron chi connectivity index (χ2n) is 4.03. The molecular weight excluding hydrogens is 248 g/mol. The van der Waals surface area contributed by atoms with E-state index in [-0.39, 0.29) is 17.3 Å². The summed E-state index contributed by atoms with van der Waals surface area (Å²) in [4.78, 5) is 23.1. The molecule has 0 bridgehead atoms. The molecule has 0 fully saturated rings. The van der Waals surface area contributed by atoms with Crippen LogP contribution < -0.4 is 0 Å². The van der Waals surface area contributed by atoms with Gasteiger partial charge in [-0.05, 0) is 29.8 Å². The topological polar surface area (TPSA) is 43.4 Å². The Hall–Kier alpha value is -0.900. The Morgan fingerprint density at radius 3 is 2.71 bits per heavy atom. The Kier molecular flexibility index (Phi) is 1.93. The van der Waals surface area contributed by atoms with Gasteiger partial charge in [-0.15, -0.1) is 0 Å². The molecule has 74 valence electrons. The van der Waals surface area contributed by atoms with Crippen LogP contribution in [0.25, 0.3) is 0 Å². The highest BCUT2D eigenvalue weighted by Crippen LogP contribution is 2.38. The van der Waals surface area contributed by atoms with Crippen LogP contribution in [0.3, 0.4) is 0 Å². The smallest absolute Gasteiger partial charge is 0.222 e. The predicted molar refractivity (Wildman–Crippen MR) is 53.8 cm³/mol. The summed E-state index contributed by atoms with van der Waals surface area (Å²) in [6.07, 6.45) is 1.76. The fourth-order valence-electron chi connectivity index (χ4n) is 1.65. The second-order valence-corrected chi connectivity index (χ2v) is 4.89. The number of rotatable bonds is 0. The van der Waals surface area contributed by atoms with Gasteiger partial charge in [-0.2, -0.15) is 0 Å². The van der Waals surface area contributed by atoms with Gasteiger partial charge in [0.25, 0.3) is 0 Å². The summed E-state index contributed by atoms with van der Waals surface area (Å²) in [5.74, 6) is -0.134. The average Bonchev–Trinajstić information content (AvgIpc) is 2.38. The quantitative estimate of drug-likeness (QED) is 0.622. The zero-order chi connectivity index (χ0) is 10.5. The van der Waals surface area contributed by atoms with Crippen molar-refractivity contribution in [3.05, 3.63) is 21.9 Å². The van der Waals surface area contributed by atoms with Gasteiger partial charge in [-0.1, -0.05) is 0 Å². The molecule has 2 rings (SSSR count). The van der Waals surface area contributed by atoms with E-state index in [4.69, 9.17) is 4.74 Å². The van der Waals surface area contributed by atoms with Crippen LogP contribution in [0, 0.1) is 0 Å². The zero-order valence-corrected chi connectivity index (χ0v) is 9.47. The van der Waals surface area contributed by atoms with Crippen molar-refractivity contribution in [1.29, 1.82) is 0 Å². The molecule has 0 saturated carbocycles. The van der Waals surface area contributed by atoms with Crippen LogP contribution >= 0.6 is 15.9 Å². The molecular formula is C10H9BrO3. The van der Waals surface area contributed by atoms with E-state index in [9.17, 15) is 9.59 Å². The van der Waals surface area contributed by atoms with E-state index in [0.717, 1.165) is 0 Å². The number of carbonyl (C=O) groups excluding carboxylic acids is 2. The van der Waals surface area contributed by atoms with Gasteiger partial charge >= 0.3 is 0 Å². The minimum absolute atomic E-state index is 0.134. The minimum Gasteiger partial charge on any atom is -0.483 e. The summed E-state index contributed by atoms with van der Waals surface area (Å²) >= 11 is 3.07. The highest BCUT2D eigenvalue weighted by atomic mass is 79.9. The second kappa shape index (κ2) is 2.79. The van der Waals surface area contributed by atoms with Gasteiger partial charge in [-0.3, -0.25) is 9.59 Å². The Morgan fingerprint density at radius 1 is 1.43 bits per heavy atom. The van der Waals surface area contributed by atoms with E-state index in [0.29, 0.717) is 16.5 Å². The summed E-state index contributed by atoms with van der Waals surface area (Å²) < 4.78 is 5.75. The third-order valence-corrected chi connectivity index (χ3v) is 2.82. The van der Waals surface area contributed by atoms with Crippen molar-refractivity contribution in [3.8, 4) is 0 Å². The molecule has 0 atom stereocenters. The number of hydrogen-bond donors (Lipinski definition) is 0. The maximum Gasteiger partial charge on any atom is 0.222 e. The van der Waals surface area contributed by atoms with Crippen molar-refractivity contribution >= 4 is 27.5 Å². The maximum absolute atomic E-state index is 11.6. The van der Waals surface area contributed by atoms with Crippen molar-refractivity contribution in [3.63, 3.8) is 0 Å². The number of halogens is 1. The zero-order valence-electron chi connectivity index (χ0n) is 7.89. The molecule has 1 aliphatic carbocycles. The minimum atomic E-state index is -0.443. The monoisotopic (exact) mass is 256 g/mol. The third kappa shape index (κ3) is 1.34. The van der Waals surface area contributed by atoms with Gasteiger partial charge in [0, 0.05) is 12.5 Å². The van der Waals surface area contributed by atoms with E-state index < -0.39 is 5.60 Å². The van der Waals surface area contributed by atoms with Crippen molar-refractivity contribution in [2.24, 2.45) is 0 Å². The Morgan fingerprint density at radius 2 is 2.07 bits per heavy atom. The van der Waals surface area contributed by atoms with Crippen LogP contribution in [0.4, 0.5) is 0 Å². The van der Waals surface area contributed by atoms with Crippen LogP contribution in [0.1, 0.15) is 20.3 Å². The number of hydrogen-bond acceptors (Lipinski definition) is 3. The van der Waals surface area contributed by atoms with Crippen LogP contribution in [0.2, 0.25) is 0 Å². The van der Waals surface area contributed by atoms with Crippen LogP contribution in [0.15, 0.2) is 21.9 Å². The SMILES string of the molecule is CC1(C)CC2=C(O1)C(=O)C=C(Br)C2=O. The first-order chi connectivity index (χ1) is 6.41. The van der Waals surface area contributed by atoms with Crippen molar-refractivity contribution in [1.82, 2.24) is 0 Å². The molecule has 0 aromatic heterocycles. The molecule has 3 nitrogen and oxygen atoms in total. The van der Waals surface area contributed by atoms with Crippen LogP contribution in [-0.2, 0) is 14.3 Å². The Bertz CT molecular complexity index is 402. The van der Waals surface area contributed by atoms with Crippen LogP contribution in [-0.4, -0.2) is 17.2 Å². The van der Waals surface area contributed by atoms with Gasteiger partial charge < -0.3 is 4.74 Å². The highest BCUT2D eigenvalue weighted by Gasteiger charge is 2.41. The van der Waals surface area contributed by atoms with Gasteiger partial charge in [-0.25, -0.2) is 0 Å². The molecule has 0 N–H and O–H groups in total. The molecule has 4 heteroatoms. The van der Waals surface area contributed by atoms with E-state index >= 15 is 0 Å². The fraction of sp³-hybridized carbons (Fsp3) is 0.400. The molecule has 0 spiro atoms. The number of Topliss-reactive ketones (excluding diaryl/α,β-unsaturated/α-hetero) is 1. The van der Waals surface area contributed by atoms with Gasteiger partial charge in [0.15, 0.2) is 11.5 Å². The molecule has 1 aliphatic heterocycles. The predicted octanol–water partition coefficient (Wildman–Crippen LogP) is 1.87.